The fourth-order valence-electron chi connectivity index (χ4n) is 2.28. The number of aromatic nitrogens is 2. The molecule has 2 N–H and O–H groups in total. The van der Waals surface area contributed by atoms with Gasteiger partial charge in [0, 0.05) is 13.6 Å². The van der Waals surface area contributed by atoms with Crippen LogP contribution in [0.2, 0.25) is 0 Å². The smallest absolute Gasteiger partial charge is 0.317 e. The zero-order chi connectivity index (χ0) is 19.3. The maximum atomic E-state index is 12.2. The number of carbonyl (C=O) groups is 2. The Hall–Kier alpha value is -3.10. The Kier molecular flexibility index (Phi) is 6.16. The van der Waals surface area contributed by atoms with Crippen LogP contribution in [0, 0.1) is 5.92 Å². The molecule has 1 aromatic carbocycles. The third kappa shape index (κ3) is 4.50. The highest BCUT2D eigenvalue weighted by molar-refractivity contribution is 5.76. The summed E-state index contributed by atoms with van der Waals surface area (Å²) in [6.07, 6.45) is 0. The minimum Gasteiger partial charge on any atom is -0.496 e. The number of aliphatic carboxylic acids is 1. The number of ether oxygens (including phenoxy) is 1. The largest absolute Gasteiger partial charge is 0.496 e. The SMILES string of the molecule is COc1ccccc1-c1noc(C(C)NC(=O)N(C)CC(C)C(=O)O)n1. The number of nitrogens with one attached hydrogen (secondary N) is 1. The van der Waals surface area contributed by atoms with E-state index in [9.17, 15) is 9.59 Å². The van der Waals surface area contributed by atoms with E-state index < -0.39 is 24.0 Å². The third-order valence-electron chi connectivity index (χ3n) is 3.82. The Morgan fingerprint density at radius 1 is 1.35 bits per heavy atom. The van der Waals surface area contributed by atoms with E-state index >= 15 is 0 Å². The summed E-state index contributed by atoms with van der Waals surface area (Å²) in [4.78, 5) is 28.7. The number of hydrogen-bond donors (Lipinski definition) is 2. The van der Waals surface area contributed by atoms with Crippen LogP contribution in [0.15, 0.2) is 28.8 Å². The monoisotopic (exact) mass is 362 g/mol. The third-order valence-corrected chi connectivity index (χ3v) is 3.82. The summed E-state index contributed by atoms with van der Waals surface area (Å²) in [7, 11) is 3.08. The number of benzene rings is 1. The van der Waals surface area contributed by atoms with Crippen molar-refractivity contribution >= 4 is 12.0 Å². The molecule has 2 atom stereocenters. The summed E-state index contributed by atoms with van der Waals surface area (Å²) >= 11 is 0. The molecular weight excluding hydrogens is 340 g/mol. The number of nitrogens with zero attached hydrogens (tertiary/aromatic N) is 3. The average Bonchev–Trinajstić information content (AvgIpc) is 3.11. The van der Waals surface area contributed by atoms with Gasteiger partial charge < -0.3 is 24.6 Å². The molecule has 2 aromatic rings. The molecule has 0 radical (unpaired) electrons. The highest BCUT2D eigenvalue weighted by Gasteiger charge is 2.22. The van der Waals surface area contributed by atoms with E-state index in [0.29, 0.717) is 17.1 Å². The van der Waals surface area contributed by atoms with E-state index in [1.165, 1.54) is 18.9 Å². The predicted molar refractivity (Wildman–Crippen MR) is 92.7 cm³/mol. The lowest BCUT2D eigenvalue weighted by molar-refractivity contribution is -0.141. The molecule has 26 heavy (non-hydrogen) atoms. The van der Waals surface area contributed by atoms with Gasteiger partial charge in [0.15, 0.2) is 0 Å². The van der Waals surface area contributed by atoms with E-state index in [1.54, 1.807) is 26.2 Å². The summed E-state index contributed by atoms with van der Waals surface area (Å²) in [5.41, 5.74) is 0.677. The molecule has 9 nitrogen and oxygen atoms in total. The summed E-state index contributed by atoms with van der Waals surface area (Å²) in [6, 6.07) is 6.29. The molecule has 2 unspecified atom stereocenters. The van der Waals surface area contributed by atoms with Gasteiger partial charge in [0.1, 0.15) is 11.8 Å². The van der Waals surface area contributed by atoms with Crippen LogP contribution in [-0.4, -0.2) is 52.8 Å². The van der Waals surface area contributed by atoms with Gasteiger partial charge in [-0.15, -0.1) is 0 Å². The minimum atomic E-state index is -0.962. The van der Waals surface area contributed by atoms with Gasteiger partial charge in [-0.25, -0.2) is 4.79 Å². The van der Waals surface area contributed by atoms with Crippen LogP contribution in [-0.2, 0) is 4.79 Å². The molecule has 0 bridgehead atoms. The van der Waals surface area contributed by atoms with Crippen molar-refractivity contribution in [3.63, 3.8) is 0 Å². The van der Waals surface area contributed by atoms with E-state index in [1.807, 2.05) is 12.1 Å². The van der Waals surface area contributed by atoms with Crippen LogP contribution in [0.1, 0.15) is 25.8 Å². The van der Waals surface area contributed by atoms with E-state index in [4.69, 9.17) is 14.4 Å². The van der Waals surface area contributed by atoms with Crippen LogP contribution in [0.5, 0.6) is 5.75 Å². The van der Waals surface area contributed by atoms with E-state index in [2.05, 4.69) is 15.5 Å². The number of carboxylic acid groups (broad SMARTS) is 1. The van der Waals surface area contributed by atoms with Crippen LogP contribution in [0.3, 0.4) is 0 Å². The molecule has 9 heteroatoms. The Bertz CT molecular complexity index is 776. The van der Waals surface area contributed by atoms with Gasteiger partial charge in [0.2, 0.25) is 11.7 Å². The summed E-state index contributed by atoms with van der Waals surface area (Å²) in [6.45, 7) is 3.32. The molecule has 1 heterocycles. The second-order valence-corrected chi connectivity index (χ2v) is 5.95. The maximum Gasteiger partial charge on any atom is 0.317 e. The predicted octanol–water partition coefficient (Wildman–Crippen LogP) is 2.17. The molecule has 1 aromatic heterocycles. The van der Waals surface area contributed by atoms with E-state index in [0.717, 1.165) is 0 Å². The van der Waals surface area contributed by atoms with Crippen molar-refractivity contribution in [1.29, 1.82) is 0 Å². The maximum absolute atomic E-state index is 12.2. The van der Waals surface area contributed by atoms with Gasteiger partial charge in [0.05, 0.1) is 18.6 Å². The zero-order valence-corrected chi connectivity index (χ0v) is 15.1. The van der Waals surface area contributed by atoms with Crippen molar-refractivity contribution in [2.24, 2.45) is 5.92 Å². The minimum absolute atomic E-state index is 0.0875. The normalized spacial score (nSPS) is 12.9. The average molecular weight is 362 g/mol. The molecule has 0 aliphatic rings. The molecule has 0 aliphatic heterocycles. The second kappa shape index (κ2) is 8.32. The topological polar surface area (TPSA) is 118 Å². The Balaban J connectivity index is 2.04. The van der Waals surface area contributed by atoms with Crippen LogP contribution >= 0.6 is 0 Å². The molecule has 0 spiro atoms. The van der Waals surface area contributed by atoms with Crippen molar-refractivity contribution in [1.82, 2.24) is 20.4 Å². The Morgan fingerprint density at radius 2 is 2.04 bits per heavy atom. The molecule has 0 aliphatic carbocycles. The fourth-order valence-corrected chi connectivity index (χ4v) is 2.28. The first-order valence-electron chi connectivity index (χ1n) is 8.05. The van der Waals surface area contributed by atoms with Crippen LogP contribution < -0.4 is 10.1 Å². The highest BCUT2D eigenvalue weighted by Crippen LogP contribution is 2.27. The lowest BCUT2D eigenvalue weighted by atomic mass is 10.2. The Labute approximate surface area is 150 Å². The zero-order valence-electron chi connectivity index (χ0n) is 15.1. The van der Waals surface area contributed by atoms with Gasteiger partial charge in [-0.3, -0.25) is 4.79 Å². The molecule has 0 saturated carbocycles. The first kappa shape index (κ1) is 19.2. The lowest BCUT2D eigenvalue weighted by Crippen LogP contribution is -2.41. The molecular formula is C17H22N4O5. The van der Waals surface area contributed by atoms with Gasteiger partial charge in [0.25, 0.3) is 0 Å². The molecule has 2 amide bonds. The highest BCUT2D eigenvalue weighted by atomic mass is 16.5. The summed E-state index contributed by atoms with van der Waals surface area (Å²) < 4.78 is 10.5. The number of carboxylic acids is 1. The van der Waals surface area contributed by atoms with Crippen molar-refractivity contribution in [3.05, 3.63) is 30.2 Å². The summed E-state index contributed by atoms with van der Waals surface area (Å²) in [5, 5.41) is 15.6. The van der Waals surface area contributed by atoms with Crippen LogP contribution in [0.25, 0.3) is 11.4 Å². The van der Waals surface area contributed by atoms with Crippen molar-refractivity contribution in [2.45, 2.75) is 19.9 Å². The number of methoxy groups -OCH3 is 1. The number of carbonyl (C=O) groups excluding carboxylic acids is 1. The van der Waals surface area contributed by atoms with Gasteiger partial charge in [-0.05, 0) is 19.1 Å². The van der Waals surface area contributed by atoms with Crippen LogP contribution in [0.4, 0.5) is 4.79 Å². The molecule has 140 valence electrons. The number of rotatable bonds is 7. The second-order valence-electron chi connectivity index (χ2n) is 5.95. The van der Waals surface area contributed by atoms with E-state index in [-0.39, 0.29) is 12.4 Å². The van der Waals surface area contributed by atoms with Crippen molar-refractivity contribution in [3.8, 4) is 17.1 Å². The quantitative estimate of drug-likeness (QED) is 0.775. The van der Waals surface area contributed by atoms with Crippen molar-refractivity contribution in [2.75, 3.05) is 20.7 Å². The number of hydrogen-bond acceptors (Lipinski definition) is 6. The molecule has 2 rings (SSSR count). The van der Waals surface area contributed by atoms with Crippen molar-refractivity contribution < 1.29 is 24.0 Å². The number of amides is 2. The summed E-state index contributed by atoms with van der Waals surface area (Å²) in [5.74, 6) is -0.429. The standard InChI is InChI=1S/C17H22N4O5/c1-10(16(22)23)9-21(3)17(24)18-11(2)15-19-14(20-26-15)12-7-5-6-8-13(12)25-4/h5-8,10-11H,9H2,1-4H3,(H,18,24)(H,22,23). The fraction of sp³-hybridized carbons (Fsp3) is 0.412. The molecule has 0 saturated heterocycles. The first-order chi connectivity index (χ1) is 12.3. The van der Waals surface area contributed by atoms with Gasteiger partial charge in [-0.1, -0.05) is 24.2 Å². The number of urea groups is 1. The Morgan fingerprint density at radius 3 is 2.69 bits per heavy atom. The number of para-hydroxylation sites is 1. The van der Waals surface area contributed by atoms with Gasteiger partial charge >= 0.3 is 12.0 Å². The lowest BCUT2D eigenvalue weighted by Gasteiger charge is -2.21. The first-order valence-corrected chi connectivity index (χ1v) is 8.05. The van der Waals surface area contributed by atoms with Gasteiger partial charge in [-0.2, -0.15) is 4.98 Å². The molecule has 0 fully saturated rings.